The molecule has 0 unspecified atom stereocenters. The van der Waals surface area contributed by atoms with Crippen LogP contribution in [0.25, 0.3) is 0 Å². The van der Waals surface area contributed by atoms with Crippen molar-refractivity contribution in [3.8, 4) is 0 Å². The highest BCUT2D eigenvalue weighted by Crippen LogP contribution is 2.25. The smallest absolute Gasteiger partial charge is 0.129 e. The average molecular weight is 289 g/mol. The highest BCUT2D eigenvalue weighted by Gasteiger charge is 2.16. The Morgan fingerprint density at radius 3 is 2.75 bits per heavy atom. The van der Waals surface area contributed by atoms with Crippen molar-refractivity contribution in [2.45, 2.75) is 26.0 Å². The zero-order valence-electron chi connectivity index (χ0n) is 11.2. The molecular formula is C16H17ClN2O. The van der Waals surface area contributed by atoms with Crippen LogP contribution in [0.5, 0.6) is 0 Å². The summed E-state index contributed by atoms with van der Waals surface area (Å²) in [6.07, 6.45) is 2.21. The topological polar surface area (TPSA) is 36.4 Å². The van der Waals surface area contributed by atoms with Crippen LogP contribution in [0.1, 0.15) is 23.2 Å². The fourth-order valence-electron chi connectivity index (χ4n) is 2.66. The Morgan fingerprint density at radius 2 is 1.95 bits per heavy atom. The summed E-state index contributed by atoms with van der Waals surface area (Å²) in [6, 6.07) is 12.3. The Hall–Kier alpha value is -1.58. The molecule has 0 spiro atoms. The molecule has 0 fully saturated rings. The number of fused-ring (bicyclic) bond motifs is 1. The van der Waals surface area contributed by atoms with Crippen molar-refractivity contribution in [2.75, 3.05) is 11.4 Å². The summed E-state index contributed by atoms with van der Waals surface area (Å²) >= 11 is 6.01. The first kappa shape index (κ1) is 13.4. The van der Waals surface area contributed by atoms with Gasteiger partial charge in [-0.15, -0.1) is 0 Å². The number of aliphatic hydroxyl groups is 1. The lowest BCUT2D eigenvalue weighted by atomic mass is 10.0. The monoisotopic (exact) mass is 288 g/mol. The summed E-state index contributed by atoms with van der Waals surface area (Å²) in [5.74, 6) is 0.884. The number of nitrogens with zero attached hydrogens (tertiary/aromatic N) is 2. The van der Waals surface area contributed by atoms with Gasteiger partial charge in [0.1, 0.15) is 5.82 Å². The van der Waals surface area contributed by atoms with E-state index in [1.54, 1.807) is 0 Å². The Bertz CT molecular complexity index is 615. The summed E-state index contributed by atoms with van der Waals surface area (Å²) in [4.78, 5) is 6.72. The molecule has 3 nitrogen and oxygen atoms in total. The van der Waals surface area contributed by atoms with E-state index in [1.807, 2.05) is 12.1 Å². The zero-order valence-corrected chi connectivity index (χ0v) is 12.0. The fraction of sp³-hybridized carbons (Fsp3) is 0.312. The van der Waals surface area contributed by atoms with Gasteiger partial charge in [-0.1, -0.05) is 35.9 Å². The van der Waals surface area contributed by atoms with E-state index in [9.17, 15) is 5.11 Å². The van der Waals surface area contributed by atoms with E-state index in [0.717, 1.165) is 31.7 Å². The summed E-state index contributed by atoms with van der Waals surface area (Å²) in [7, 11) is 0. The number of rotatable bonds is 2. The Balaban J connectivity index is 1.91. The molecule has 104 valence electrons. The lowest BCUT2D eigenvalue weighted by Gasteiger charge is -2.22. The zero-order chi connectivity index (χ0) is 13.9. The van der Waals surface area contributed by atoms with Gasteiger partial charge in [-0.2, -0.15) is 0 Å². The van der Waals surface area contributed by atoms with Gasteiger partial charge in [0.2, 0.25) is 0 Å². The number of hydrogen-bond donors (Lipinski definition) is 1. The second kappa shape index (κ2) is 5.81. The van der Waals surface area contributed by atoms with Crippen molar-refractivity contribution in [3.05, 3.63) is 58.2 Å². The average Bonchev–Trinajstić information content (AvgIpc) is 2.70. The molecule has 0 atom stereocenters. The standard InChI is InChI=1S/C16H17ClN2O/c17-14-7-8-16(18-15(14)11-20)19-9-3-6-12-4-1-2-5-13(12)10-19/h1-2,4-5,7-8,20H,3,6,9-11H2. The number of anilines is 1. The molecule has 0 bridgehead atoms. The van der Waals surface area contributed by atoms with Crippen LogP contribution in [0.4, 0.5) is 5.82 Å². The van der Waals surface area contributed by atoms with Crippen molar-refractivity contribution < 1.29 is 5.11 Å². The number of benzene rings is 1. The summed E-state index contributed by atoms with van der Waals surface area (Å²) < 4.78 is 0. The van der Waals surface area contributed by atoms with Crippen molar-refractivity contribution in [1.82, 2.24) is 4.98 Å². The quantitative estimate of drug-likeness (QED) is 0.922. The van der Waals surface area contributed by atoms with E-state index >= 15 is 0 Å². The number of hydrogen-bond acceptors (Lipinski definition) is 3. The molecule has 20 heavy (non-hydrogen) atoms. The molecule has 0 radical (unpaired) electrons. The molecule has 0 amide bonds. The lowest BCUT2D eigenvalue weighted by Crippen LogP contribution is -2.23. The third-order valence-corrected chi connectivity index (χ3v) is 4.08. The minimum absolute atomic E-state index is 0.128. The van der Waals surface area contributed by atoms with Gasteiger partial charge < -0.3 is 10.0 Å². The maximum absolute atomic E-state index is 9.29. The van der Waals surface area contributed by atoms with E-state index in [-0.39, 0.29) is 6.61 Å². The third-order valence-electron chi connectivity index (χ3n) is 3.73. The highest BCUT2D eigenvalue weighted by atomic mass is 35.5. The van der Waals surface area contributed by atoms with E-state index in [1.165, 1.54) is 11.1 Å². The van der Waals surface area contributed by atoms with Crippen molar-refractivity contribution in [1.29, 1.82) is 0 Å². The maximum atomic E-state index is 9.29. The molecule has 1 aromatic heterocycles. The van der Waals surface area contributed by atoms with Gasteiger partial charge in [-0.05, 0) is 36.1 Å². The van der Waals surface area contributed by atoms with Gasteiger partial charge >= 0.3 is 0 Å². The second-order valence-electron chi connectivity index (χ2n) is 5.05. The first-order chi connectivity index (χ1) is 9.78. The minimum atomic E-state index is -0.128. The maximum Gasteiger partial charge on any atom is 0.129 e. The van der Waals surface area contributed by atoms with Crippen LogP contribution < -0.4 is 4.90 Å². The molecule has 1 aromatic carbocycles. The largest absolute Gasteiger partial charge is 0.390 e. The molecule has 0 saturated heterocycles. The van der Waals surface area contributed by atoms with Crippen LogP contribution in [0.2, 0.25) is 5.02 Å². The Morgan fingerprint density at radius 1 is 1.15 bits per heavy atom. The van der Waals surface area contributed by atoms with Gasteiger partial charge in [-0.25, -0.2) is 4.98 Å². The van der Waals surface area contributed by atoms with Gasteiger partial charge in [0.15, 0.2) is 0 Å². The van der Waals surface area contributed by atoms with Crippen molar-refractivity contribution >= 4 is 17.4 Å². The molecule has 0 aliphatic carbocycles. The van der Waals surface area contributed by atoms with Gasteiger partial charge in [0, 0.05) is 13.1 Å². The number of aromatic nitrogens is 1. The number of aliphatic hydroxyl groups excluding tert-OH is 1. The Labute approximate surface area is 123 Å². The third kappa shape index (κ3) is 2.65. The Kier molecular flexibility index (Phi) is 3.90. The second-order valence-corrected chi connectivity index (χ2v) is 5.46. The molecule has 1 N–H and O–H groups in total. The molecule has 4 heteroatoms. The van der Waals surface area contributed by atoms with Gasteiger partial charge in [0.05, 0.1) is 17.3 Å². The van der Waals surface area contributed by atoms with E-state index < -0.39 is 0 Å². The first-order valence-corrected chi connectivity index (χ1v) is 7.24. The van der Waals surface area contributed by atoms with Crippen LogP contribution in [-0.4, -0.2) is 16.6 Å². The van der Waals surface area contributed by atoms with E-state index in [0.29, 0.717) is 10.7 Å². The van der Waals surface area contributed by atoms with Crippen molar-refractivity contribution in [3.63, 3.8) is 0 Å². The minimum Gasteiger partial charge on any atom is -0.390 e. The summed E-state index contributed by atoms with van der Waals surface area (Å²) in [6.45, 7) is 1.70. The van der Waals surface area contributed by atoms with Crippen LogP contribution in [-0.2, 0) is 19.6 Å². The van der Waals surface area contributed by atoms with Crippen LogP contribution in [0.3, 0.4) is 0 Å². The number of aryl methyl sites for hydroxylation is 1. The molecule has 3 rings (SSSR count). The van der Waals surface area contributed by atoms with Crippen molar-refractivity contribution in [2.24, 2.45) is 0 Å². The first-order valence-electron chi connectivity index (χ1n) is 6.86. The predicted molar refractivity (Wildman–Crippen MR) is 81.0 cm³/mol. The number of halogens is 1. The van der Waals surface area contributed by atoms with Crippen LogP contribution >= 0.6 is 11.6 Å². The van der Waals surface area contributed by atoms with Crippen LogP contribution in [0.15, 0.2) is 36.4 Å². The fourth-order valence-corrected chi connectivity index (χ4v) is 2.82. The molecule has 0 saturated carbocycles. The number of pyridine rings is 1. The summed E-state index contributed by atoms with van der Waals surface area (Å²) in [5.41, 5.74) is 3.32. The normalized spacial score (nSPS) is 14.8. The molecule has 1 aliphatic rings. The molecular weight excluding hydrogens is 272 g/mol. The SMILES string of the molecule is OCc1nc(N2CCCc3ccccc3C2)ccc1Cl. The molecule has 1 aliphatic heterocycles. The molecule has 2 heterocycles. The van der Waals surface area contributed by atoms with Crippen LogP contribution in [0, 0.1) is 0 Å². The van der Waals surface area contributed by atoms with Gasteiger partial charge in [-0.3, -0.25) is 0 Å². The molecule has 2 aromatic rings. The summed E-state index contributed by atoms with van der Waals surface area (Å²) in [5, 5.41) is 9.81. The van der Waals surface area contributed by atoms with E-state index in [2.05, 4.69) is 34.1 Å². The van der Waals surface area contributed by atoms with E-state index in [4.69, 9.17) is 11.6 Å². The highest BCUT2D eigenvalue weighted by molar-refractivity contribution is 6.31. The predicted octanol–water partition coefficient (Wildman–Crippen LogP) is 3.18. The van der Waals surface area contributed by atoms with Gasteiger partial charge in [0.25, 0.3) is 0 Å². The lowest BCUT2D eigenvalue weighted by molar-refractivity contribution is 0.277.